The van der Waals surface area contributed by atoms with Gasteiger partial charge in [-0.1, -0.05) is 11.6 Å². The Balaban J connectivity index is 2.48. The van der Waals surface area contributed by atoms with E-state index in [1.807, 2.05) is 0 Å². The van der Waals surface area contributed by atoms with Crippen LogP contribution in [0.2, 0.25) is 5.02 Å². The van der Waals surface area contributed by atoms with Gasteiger partial charge in [0.2, 0.25) is 0 Å². The van der Waals surface area contributed by atoms with E-state index in [4.69, 9.17) is 16.7 Å². The van der Waals surface area contributed by atoms with Gasteiger partial charge in [0.15, 0.2) is 5.82 Å². The van der Waals surface area contributed by atoms with Crippen LogP contribution in [-0.2, 0) is 11.3 Å². The number of carbonyl (C=O) groups is 1. The number of aromatic amines is 1. The fourth-order valence-electron chi connectivity index (χ4n) is 1.42. The molecule has 0 aliphatic heterocycles. The number of hydrogen-bond donors (Lipinski definition) is 2. The molecule has 0 saturated carbocycles. The third-order valence-electron chi connectivity index (χ3n) is 2.15. The molecule has 2 rings (SSSR count). The predicted molar refractivity (Wildman–Crippen MR) is 60.9 cm³/mol. The van der Waals surface area contributed by atoms with E-state index in [-0.39, 0.29) is 5.82 Å². The van der Waals surface area contributed by atoms with Crippen molar-refractivity contribution >= 4 is 17.6 Å². The molecule has 0 bridgehead atoms. The molecule has 1 heterocycles. The zero-order valence-electron chi connectivity index (χ0n) is 8.55. The minimum Gasteiger partial charge on any atom is -0.480 e. The van der Waals surface area contributed by atoms with Crippen molar-refractivity contribution in [1.29, 1.82) is 0 Å². The topological polar surface area (TPSA) is 88.0 Å². The normalized spacial score (nSPS) is 10.4. The monoisotopic (exact) mass is 253 g/mol. The highest BCUT2D eigenvalue weighted by atomic mass is 35.5. The Bertz CT molecular complexity index is 600. The van der Waals surface area contributed by atoms with Gasteiger partial charge in [-0.25, -0.2) is 9.89 Å². The van der Waals surface area contributed by atoms with E-state index in [2.05, 4.69) is 10.2 Å². The summed E-state index contributed by atoms with van der Waals surface area (Å²) in [6.45, 7) is -0.437. The van der Waals surface area contributed by atoms with Gasteiger partial charge in [0.1, 0.15) is 6.54 Å². The number of carboxylic acid groups (broad SMARTS) is 1. The largest absolute Gasteiger partial charge is 0.480 e. The second-order valence-electron chi connectivity index (χ2n) is 3.34. The maximum absolute atomic E-state index is 11.4. The number of hydrogen-bond acceptors (Lipinski definition) is 3. The quantitative estimate of drug-likeness (QED) is 0.853. The molecule has 2 N–H and O–H groups in total. The van der Waals surface area contributed by atoms with Gasteiger partial charge >= 0.3 is 11.7 Å². The van der Waals surface area contributed by atoms with Crippen LogP contribution < -0.4 is 5.69 Å². The van der Waals surface area contributed by atoms with E-state index in [0.29, 0.717) is 10.6 Å². The van der Waals surface area contributed by atoms with Crippen LogP contribution in [0, 0.1) is 0 Å². The molecule has 0 fully saturated rings. The number of benzene rings is 1. The first-order valence-electron chi connectivity index (χ1n) is 4.71. The van der Waals surface area contributed by atoms with Crippen molar-refractivity contribution in [3.63, 3.8) is 0 Å². The molecule has 6 nitrogen and oxygen atoms in total. The zero-order chi connectivity index (χ0) is 12.4. The number of rotatable bonds is 3. The first-order valence-corrected chi connectivity index (χ1v) is 5.08. The Morgan fingerprint density at radius 2 is 2.06 bits per heavy atom. The second kappa shape index (κ2) is 4.42. The van der Waals surface area contributed by atoms with Crippen LogP contribution in [0.5, 0.6) is 0 Å². The van der Waals surface area contributed by atoms with E-state index in [1.54, 1.807) is 24.3 Å². The third kappa shape index (κ3) is 2.36. The number of aliphatic carboxylic acids is 1. The molecule has 0 atom stereocenters. The summed E-state index contributed by atoms with van der Waals surface area (Å²) < 4.78 is 1.05. The van der Waals surface area contributed by atoms with Crippen LogP contribution in [0.15, 0.2) is 29.1 Å². The van der Waals surface area contributed by atoms with Crippen molar-refractivity contribution in [3.8, 4) is 11.4 Å². The number of H-pyrrole nitrogens is 1. The lowest BCUT2D eigenvalue weighted by molar-refractivity contribution is -0.137. The lowest BCUT2D eigenvalue weighted by Gasteiger charge is -2.02. The molecule has 0 unspecified atom stereocenters. The summed E-state index contributed by atoms with van der Waals surface area (Å²) in [5.74, 6) is -0.835. The fraction of sp³-hybridized carbons (Fsp3) is 0.100. The average molecular weight is 254 g/mol. The van der Waals surface area contributed by atoms with Crippen molar-refractivity contribution < 1.29 is 9.90 Å². The predicted octanol–water partition coefficient (Wildman–Crippen LogP) is 0.976. The average Bonchev–Trinajstić information content (AvgIpc) is 2.61. The third-order valence-corrected chi connectivity index (χ3v) is 2.41. The van der Waals surface area contributed by atoms with Crippen LogP contribution >= 0.6 is 11.6 Å². The molecule has 2 aromatic rings. The lowest BCUT2D eigenvalue weighted by Crippen LogP contribution is -2.22. The Morgan fingerprint density at radius 3 is 2.65 bits per heavy atom. The zero-order valence-corrected chi connectivity index (χ0v) is 9.31. The maximum Gasteiger partial charge on any atom is 0.344 e. The number of halogens is 1. The molecule has 0 aliphatic carbocycles. The number of nitrogens with zero attached hydrogens (tertiary/aromatic N) is 2. The van der Waals surface area contributed by atoms with E-state index in [9.17, 15) is 9.59 Å². The van der Waals surface area contributed by atoms with Crippen molar-refractivity contribution in [1.82, 2.24) is 14.8 Å². The summed E-state index contributed by atoms with van der Waals surface area (Å²) >= 11 is 5.74. The van der Waals surface area contributed by atoms with Gasteiger partial charge in [-0.3, -0.25) is 9.36 Å². The molecule has 1 aromatic heterocycles. The van der Waals surface area contributed by atoms with Gasteiger partial charge in [-0.15, -0.1) is 0 Å². The van der Waals surface area contributed by atoms with Crippen molar-refractivity contribution in [3.05, 3.63) is 39.8 Å². The van der Waals surface area contributed by atoms with Crippen LogP contribution in [0.4, 0.5) is 0 Å². The van der Waals surface area contributed by atoms with Crippen LogP contribution in [0.1, 0.15) is 0 Å². The van der Waals surface area contributed by atoms with Gasteiger partial charge < -0.3 is 5.11 Å². The molecule has 7 heteroatoms. The van der Waals surface area contributed by atoms with Crippen LogP contribution in [-0.4, -0.2) is 25.8 Å². The molecule has 1 aromatic carbocycles. The van der Waals surface area contributed by atoms with Gasteiger partial charge in [0.05, 0.1) is 0 Å². The van der Waals surface area contributed by atoms with Crippen molar-refractivity contribution in [2.45, 2.75) is 6.54 Å². The summed E-state index contributed by atoms with van der Waals surface area (Å²) in [6, 6.07) is 6.61. The number of nitrogens with one attached hydrogen (secondary N) is 1. The molecular weight excluding hydrogens is 246 g/mol. The van der Waals surface area contributed by atoms with Gasteiger partial charge in [-0.05, 0) is 24.3 Å². The first kappa shape index (κ1) is 11.4. The molecule has 0 spiro atoms. The Labute approximate surface area is 100 Å². The lowest BCUT2D eigenvalue weighted by atomic mass is 10.2. The molecule has 17 heavy (non-hydrogen) atoms. The highest BCUT2D eigenvalue weighted by Crippen LogP contribution is 2.18. The SMILES string of the molecule is O=C(O)Cn1c(-c2ccc(Cl)cc2)n[nH]c1=O. The van der Waals surface area contributed by atoms with Crippen LogP contribution in [0.25, 0.3) is 11.4 Å². The number of carboxylic acids is 1. The molecular formula is C10H8ClN3O3. The highest BCUT2D eigenvalue weighted by Gasteiger charge is 2.12. The maximum atomic E-state index is 11.4. The first-order chi connectivity index (χ1) is 8.08. The smallest absolute Gasteiger partial charge is 0.344 e. The molecule has 0 aliphatic rings. The summed E-state index contributed by atoms with van der Waals surface area (Å²) in [4.78, 5) is 22.0. The molecule has 0 amide bonds. The van der Waals surface area contributed by atoms with E-state index >= 15 is 0 Å². The molecule has 0 radical (unpaired) electrons. The van der Waals surface area contributed by atoms with Crippen molar-refractivity contribution in [2.75, 3.05) is 0 Å². The van der Waals surface area contributed by atoms with Crippen molar-refractivity contribution in [2.24, 2.45) is 0 Å². The van der Waals surface area contributed by atoms with Gasteiger partial charge in [0.25, 0.3) is 0 Å². The van der Waals surface area contributed by atoms with Crippen LogP contribution in [0.3, 0.4) is 0 Å². The Kier molecular flexibility index (Phi) is 2.97. The summed E-state index contributed by atoms with van der Waals surface area (Å²) in [6.07, 6.45) is 0. The van der Waals surface area contributed by atoms with E-state index in [1.165, 1.54) is 0 Å². The Hall–Kier alpha value is -2.08. The molecule has 0 saturated heterocycles. The highest BCUT2D eigenvalue weighted by molar-refractivity contribution is 6.30. The minimum atomic E-state index is -1.11. The standard InChI is InChI=1S/C10H8ClN3O3/c11-7-3-1-6(2-4-7)9-12-13-10(17)14(9)5-8(15)16/h1-4H,5H2,(H,13,17)(H,15,16). The summed E-state index contributed by atoms with van der Waals surface area (Å²) in [7, 11) is 0. The van der Waals surface area contributed by atoms with Gasteiger partial charge in [0, 0.05) is 10.6 Å². The Morgan fingerprint density at radius 1 is 1.41 bits per heavy atom. The van der Waals surface area contributed by atoms with E-state index in [0.717, 1.165) is 4.57 Å². The second-order valence-corrected chi connectivity index (χ2v) is 3.78. The summed E-state index contributed by atoms with van der Waals surface area (Å²) in [5.41, 5.74) is 0.0614. The van der Waals surface area contributed by atoms with E-state index < -0.39 is 18.2 Å². The minimum absolute atomic E-state index is 0.272. The summed E-state index contributed by atoms with van der Waals surface area (Å²) in [5, 5.41) is 15.3. The van der Waals surface area contributed by atoms with Gasteiger partial charge in [-0.2, -0.15) is 5.10 Å². The fourth-order valence-corrected chi connectivity index (χ4v) is 1.54. The molecule has 88 valence electrons. The number of aromatic nitrogens is 3.